The van der Waals surface area contributed by atoms with E-state index in [0.717, 1.165) is 6.42 Å². The topological polar surface area (TPSA) is 3.24 Å². The Morgan fingerprint density at radius 1 is 1.12 bits per heavy atom. The van der Waals surface area contributed by atoms with Crippen molar-refractivity contribution in [2.45, 2.75) is 18.2 Å². The molecule has 2 aromatic rings. The Kier molecular flexibility index (Phi) is 2.95. The number of thiophene rings is 1. The number of rotatable bonds is 2. The van der Waals surface area contributed by atoms with E-state index < -0.39 is 0 Å². The summed E-state index contributed by atoms with van der Waals surface area (Å²) in [5.74, 6) is 0. The van der Waals surface area contributed by atoms with Crippen LogP contribution < -0.4 is 4.31 Å². The second kappa shape index (κ2) is 4.59. The Hall–Kier alpha value is -1.19. The molecule has 0 amide bonds. The fraction of sp³-hybridized carbons (Fsp3) is 0.143. The zero-order chi connectivity index (χ0) is 11.7. The standard InChI is InChI=1S/C14H13NS2/c1-2-11-10-14-13(8-9-16-14)17-15(11)12-6-4-3-5-7-12/h3-10H,2H2,1H3. The smallest absolute Gasteiger partial charge is 0.0524 e. The number of benzene rings is 1. The van der Waals surface area contributed by atoms with Gasteiger partial charge < -0.3 is 0 Å². The molecule has 1 aliphatic rings. The molecule has 3 heteroatoms. The maximum atomic E-state index is 2.33. The lowest BCUT2D eigenvalue weighted by atomic mass is 10.2. The van der Waals surface area contributed by atoms with Crippen molar-refractivity contribution in [3.8, 4) is 0 Å². The summed E-state index contributed by atoms with van der Waals surface area (Å²) in [5, 5.41) is 2.16. The van der Waals surface area contributed by atoms with E-state index in [2.05, 4.69) is 59.1 Å². The Morgan fingerprint density at radius 2 is 1.94 bits per heavy atom. The third-order valence-electron chi connectivity index (χ3n) is 2.76. The largest absolute Gasteiger partial charge is 0.284 e. The average molecular weight is 259 g/mol. The molecule has 0 bridgehead atoms. The average Bonchev–Trinajstić information content (AvgIpc) is 2.85. The van der Waals surface area contributed by atoms with Crippen molar-refractivity contribution in [3.63, 3.8) is 0 Å². The lowest BCUT2D eigenvalue weighted by molar-refractivity contribution is 1.07. The fourth-order valence-corrected chi connectivity index (χ4v) is 3.97. The second-order valence-electron chi connectivity index (χ2n) is 3.86. The molecule has 3 rings (SSSR count). The number of nitrogens with zero attached hydrogens (tertiary/aromatic N) is 1. The van der Waals surface area contributed by atoms with Gasteiger partial charge in [0.05, 0.1) is 5.69 Å². The van der Waals surface area contributed by atoms with Gasteiger partial charge in [0, 0.05) is 15.5 Å². The predicted octanol–water partition coefficient (Wildman–Crippen LogP) is 5.03. The number of para-hydroxylation sites is 1. The van der Waals surface area contributed by atoms with E-state index in [0.29, 0.717) is 0 Å². The van der Waals surface area contributed by atoms with Gasteiger partial charge in [-0.2, -0.15) is 0 Å². The maximum absolute atomic E-state index is 2.33. The molecule has 86 valence electrons. The van der Waals surface area contributed by atoms with Gasteiger partial charge in [-0.05, 0) is 48.0 Å². The summed E-state index contributed by atoms with van der Waals surface area (Å²) in [6.07, 6.45) is 3.36. The zero-order valence-electron chi connectivity index (χ0n) is 9.59. The molecule has 1 aliphatic heterocycles. The van der Waals surface area contributed by atoms with E-state index in [1.807, 2.05) is 23.3 Å². The highest BCUT2D eigenvalue weighted by Crippen LogP contribution is 2.42. The molecule has 0 N–H and O–H groups in total. The van der Waals surface area contributed by atoms with E-state index in [9.17, 15) is 0 Å². The normalized spacial score (nSPS) is 14.4. The molecule has 1 nitrogen and oxygen atoms in total. The highest BCUT2D eigenvalue weighted by Gasteiger charge is 2.20. The van der Waals surface area contributed by atoms with Crippen molar-refractivity contribution in [1.82, 2.24) is 0 Å². The van der Waals surface area contributed by atoms with Crippen LogP contribution in [0, 0.1) is 0 Å². The molecule has 0 saturated carbocycles. The van der Waals surface area contributed by atoms with Gasteiger partial charge in [-0.15, -0.1) is 11.3 Å². The summed E-state index contributed by atoms with van der Waals surface area (Å²) in [6.45, 7) is 2.21. The van der Waals surface area contributed by atoms with Crippen LogP contribution in [0.25, 0.3) is 6.08 Å². The van der Waals surface area contributed by atoms with Crippen molar-refractivity contribution in [3.05, 3.63) is 52.4 Å². The number of hydrogen-bond donors (Lipinski definition) is 0. The van der Waals surface area contributed by atoms with E-state index in [1.54, 1.807) is 0 Å². The highest BCUT2D eigenvalue weighted by atomic mass is 32.2. The number of hydrogen-bond acceptors (Lipinski definition) is 3. The summed E-state index contributed by atoms with van der Waals surface area (Å²) in [4.78, 5) is 2.75. The third kappa shape index (κ3) is 2.01. The quantitative estimate of drug-likeness (QED) is 0.696. The van der Waals surface area contributed by atoms with Gasteiger partial charge in [-0.3, -0.25) is 4.31 Å². The van der Waals surface area contributed by atoms with Crippen LogP contribution in [0.15, 0.2) is 52.4 Å². The fourth-order valence-electron chi connectivity index (χ4n) is 1.88. The van der Waals surface area contributed by atoms with Crippen molar-refractivity contribution in [1.29, 1.82) is 0 Å². The molecule has 0 saturated heterocycles. The number of allylic oxidation sites excluding steroid dienone is 1. The molecule has 0 radical (unpaired) electrons. The van der Waals surface area contributed by atoms with Crippen LogP contribution in [0.3, 0.4) is 0 Å². The van der Waals surface area contributed by atoms with Crippen LogP contribution in [0.1, 0.15) is 18.2 Å². The molecule has 0 aliphatic carbocycles. The Morgan fingerprint density at radius 3 is 2.71 bits per heavy atom. The summed E-state index contributed by atoms with van der Waals surface area (Å²) in [7, 11) is 0. The van der Waals surface area contributed by atoms with Crippen molar-refractivity contribution in [2.75, 3.05) is 4.31 Å². The van der Waals surface area contributed by atoms with Gasteiger partial charge >= 0.3 is 0 Å². The molecule has 0 atom stereocenters. The molecular formula is C14H13NS2. The summed E-state index contributed by atoms with van der Waals surface area (Å²) < 4.78 is 2.33. The van der Waals surface area contributed by atoms with Gasteiger partial charge in [-0.1, -0.05) is 25.1 Å². The van der Waals surface area contributed by atoms with E-state index in [1.165, 1.54) is 21.2 Å². The van der Waals surface area contributed by atoms with Crippen LogP contribution in [-0.4, -0.2) is 0 Å². The number of anilines is 1. The molecule has 0 unspecified atom stereocenters. The monoisotopic (exact) mass is 259 g/mol. The molecule has 0 fully saturated rings. The summed E-state index contributed by atoms with van der Waals surface area (Å²) in [6, 6.07) is 12.8. The second-order valence-corrected chi connectivity index (χ2v) is 5.79. The number of fused-ring (bicyclic) bond motifs is 1. The van der Waals surface area contributed by atoms with Crippen molar-refractivity contribution < 1.29 is 0 Å². The van der Waals surface area contributed by atoms with Gasteiger partial charge in [0.1, 0.15) is 0 Å². The Bertz CT molecular complexity index is 542. The summed E-state index contributed by atoms with van der Waals surface area (Å²) >= 11 is 3.64. The molecular weight excluding hydrogens is 246 g/mol. The minimum absolute atomic E-state index is 1.05. The van der Waals surface area contributed by atoms with Crippen molar-refractivity contribution in [2.24, 2.45) is 0 Å². The zero-order valence-corrected chi connectivity index (χ0v) is 11.2. The van der Waals surface area contributed by atoms with E-state index in [-0.39, 0.29) is 0 Å². The first kappa shape index (κ1) is 10.9. The van der Waals surface area contributed by atoms with E-state index >= 15 is 0 Å². The lowest BCUT2D eigenvalue weighted by Gasteiger charge is -2.28. The minimum atomic E-state index is 1.05. The van der Waals surface area contributed by atoms with Crippen LogP contribution in [0.4, 0.5) is 5.69 Å². The SMILES string of the molecule is CCC1=Cc2sccc2SN1c1ccccc1. The maximum Gasteiger partial charge on any atom is 0.0524 e. The molecule has 1 aromatic heterocycles. The molecule has 1 aromatic carbocycles. The summed E-state index contributed by atoms with van der Waals surface area (Å²) in [5.41, 5.74) is 2.62. The van der Waals surface area contributed by atoms with Crippen LogP contribution in [0.2, 0.25) is 0 Å². The van der Waals surface area contributed by atoms with Crippen LogP contribution in [-0.2, 0) is 0 Å². The van der Waals surface area contributed by atoms with Gasteiger partial charge in [0.15, 0.2) is 0 Å². The first-order valence-electron chi connectivity index (χ1n) is 5.69. The van der Waals surface area contributed by atoms with Crippen LogP contribution >= 0.6 is 23.3 Å². The van der Waals surface area contributed by atoms with Gasteiger partial charge in [0.25, 0.3) is 0 Å². The predicted molar refractivity (Wildman–Crippen MR) is 77.4 cm³/mol. The van der Waals surface area contributed by atoms with Crippen molar-refractivity contribution >= 4 is 35.0 Å². The lowest BCUT2D eigenvalue weighted by Crippen LogP contribution is -2.15. The van der Waals surface area contributed by atoms with Crippen LogP contribution in [0.5, 0.6) is 0 Å². The van der Waals surface area contributed by atoms with Gasteiger partial charge in [0.2, 0.25) is 0 Å². The Labute approximate surface area is 110 Å². The molecule has 0 spiro atoms. The third-order valence-corrected chi connectivity index (χ3v) is 4.93. The first-order chi connectivity index (χ1) is 8.38. The van der Waals surface area contributed by atoms with Gasteiger partial charge in [-0.25, -0.2) is 0 Å². The molecule has 2 heterocycles. The first-order valence-corrected chi connectivity index (χ1v) is 7.35. The Balaban J connectivity index is 2.02. The highest BCUT2D eigenvalue weighted by molar-refractivity contribution is 8.01. The van der Waals surface area contributed by atoms with E-state index in [4.69, 9.17) is 0 Å². The molecule has 17 heavy (non-hydrogen) atoms. The minimum Gasteiger partial charge on any atom is -0.284 e.